The fourth-order valence-electron chi connectivity index (χ4n) is 0.167. The third-order valence-electron chi connectivity index (χ3n) is 0.372. The minimum atomic E-state index is -4.54. The van der Waals surface area contributed by atoms with E-state index in [9.17, 15) is 25.9 Å². The van der Waals surface area contributed by atoms with Crippen LogP contribution in [0.5, 0.6) is 0 Å². The number of rotatable bonds is 4. The monoisotopic (exact) mass is 305 g/mol. The van der Waals surface area contributed by atoms with Crippen molar-refractivity contribution in [2.24, 2.45) is 0 Å². The zero-order valence-electron chi connectivity index (χ0n) is 6.98. The van der Waals surface area contributed by atoms with E-state index in [0.717, 1.165) is 0 Å². The van der Waals surface area contributed by atoms with Gasteiger partial charge < -0.3 is 17.5 Å². The second-order valence-electron chi connectivity index (χ2n) is 1.34. The first kappa shape index (κ1) is 19.9. The summed E-state index contributed by atoms with van der Waals surface area (Å²) in [6.45, 7) is 5.69. The smallest absolute Gasteiger partial charge is 0.716 e. The average molecular weight is 305 g/mol. The molecule has 15 heavy (non-hydrogen) atoms. The SMILES string of the molecule is C=COS(=O)(=O)[O-].C=COS(=O)(=O)[O-].[Co+2]. The molecule has 0 saturated heterocycles. The van der Waals surface area contributed by atoms with Crippen LogP contribution in [0, 0.1) is 0 Å². The number of hydrogen-bond donors (Lipinski definition) is 0. The molecule has 0 rings (SSSR count). The van der Waals surface area contributed by atoms with Gasteiger partial charge in [-0.05, 0) is 0 Å². The molecule has 0 atom stereocenters. The molecule has 0 bridgehead atoms. The van der Waals surface area contributed by atoms with Crippen molar-refractivity contribution in [2.75, 3.05) is 0 Å². The molecule has 0 aliphatic carbocycles. The van der Waals surface area contributed by atoms with Gasteiger partial charge >= 0.3 is 16.8 Å². The molecule has 0 fully saturated rings. The van der Waals surface area contributed by atoms with Crippen LogP contribution in [0.3, 0.4) is 0 Å². The van der Waals surface area contributed by atoms with Crippen LogP contribution in [-0.2, 0) is 45.9 Å². The summed E-state index contributed by atoms with van der Waals surface area (Å²) in [5, 5.41) is 0. The van der Waals surface area contributed by atoms with Gasteiger partial charge in [-0.15, -0.1) is 0 Å². The zero-order chi connectivity index (χ0) is 11.8. The van der Waals surface area contributed by atoms with E-state index in [2.05, 4.69) is 21.5 Å². The first-order chi connectivity index (χ1) is 6.12. The molecule has 91 valence electrons. The molecule has 0 spiro atoms. The number of hydrogen-bond acceptors (Lipinski definition) is 8. The van der Waals surface area contributed by atoms with Crippen LogP contribution in [0.4, 0.5) is 0 Å². The Morgan fingerprint density at radius 1 is 0.867 bits per heavy atom. The van der Waals surface area contributed by atoms with Crippen LogP contribution in [0.1, 0.15) is 0 Å². The van der Waals surface area contributed by atoms with Gasteiger partial charge in [0, 0.05) is 0 Å². The summed E-state index contributed by atoms with van der Waals surface area (Å²) in [4.78, 5) is 0. The Labute approximate surface area is 97.7 Å². The van der Waals surface area contributed by atoms with Crippen molar-refractivity contribution in [3.05, 3.63) is 25.7 Å². The van der Waals surface area contributed by atoms with Crippen molar-refractivity contribution in [1.82, 2.24) is 0 Å². The van der Waals surface area contributed by atoms with Crippen LogP contribution in [0.2, 0.25) is 0 Å². The molecule has 1 radical (unpaired) electrons. The second-order valence-corrected chi connectivity index (χ2v) is 3.36. The van der Waals surface area contributed by atoms with E-state index in [1.54, 1.807) is 0 Å². The van der Waals surface area contributed by atoms with Gasteiger partial charge in [0.2, 0.25) is 0 Å². The van der Waals surface area contributed by atoms with Gasteiger partial charge in [-0.25, -0.2) is 16.8 Å². The van der Waals surface area contributed by atoms with E-state index in [1.165, 1.54) is 0 Å². The molecule has 0 N–H and O–H groups in total. The average Bonchev–Trinajstić information content (AvgIpc) is 1.81. The summed E-state index contributed by atoms with van der Waals surface area (Å²) in [7, 11) is -9.08. The molecule has 0 aromatic heterocycles. The maximum absolute atomic E-state index is 9.38. The first-order valence-corrected chi connectivity index (χ1v) is 5.29. The van der Waals surface area contributed by atoms with Crippen molar-refractivity contribution in [1.29, 1.82) is 0 Å². The third-order valence-corrected chi connectivity index (χ3v) is 1.12. The summed E-state index contributed by atoms with van der Waals surface area (Å²) >= 11 is 0. The molecule has 0 saturated carbocycles. The third kappa shape index (κ3) is 31.8. The minimum Gasteiger partial charge on any atom is -0.716 e. The molecule has 0 aromatic rings. The molecule has 0 aliphatic rings. The molecule has 0 aliphatic heterocycles. The second kappa shape index (κ2) is 8.69. The Morgan fingerprint density at radius 3 is 1.07 bits per heavy atom. The molecular weight excluding hydrogens is 299 g/mol. The normalized spacial score (nSPS) is 9.73. The van der Waals surface area contributed by atoms with Crippen LogP contribution < -0.4 is 0 Å². The van der Waals surface area contributed by atoms with Crippen molar-refractivity contribution in [3.8, 4) is 0 Å². The van der Waals surface area contributed by atoms with E-state index in [0.29, 0.717) is 12.5 Å². The summed E-state index contributed by atoms with van der Waals surface area (Å²) in [5.74, 6) is 0. The summed E-state index contributed by atoms with van der Waals surface area (Å²) < 4.78 is 63.1. The predicted molar refractivity (Wildman–Crippen MR) is 42.0 cm³/mol. The largest absolute Gasteiger partial charge is 2.00 e. The fourth-order valence-corrected chi connectivity index (χ4v) is 0.500. The van der Waals surface area contributed by atoms with Gasteiger partial charge in [-0.3, -0.25) is 0 Å². The van der Waals surface area contributed by atoms with E-state index >= 15 is 0 Å². The van der Waals surface area contributed by atoms with Crippen LogP contribution in [0.25, 0.3) is 0 Å². The van der Waals surface area contributed by atoms with E-state index in [1.807, 2.05) is 0 Å². The quantitative estimate of drug-likeness (QED) is 0.375. The van der Waals surface area contributed by atoms with Gasteiger partial charge in [-0.2, -0.15) is 0 Å². The van der Waals surface area contributed by atoms with Crippen LogP contribution >= 0.6 is 0 Å². The Balaban J connectivity index is -0.000000180. The summed E-state index contributed by atoms with van der Waals surface area (Å²) in [5.41, 5.74) is 0. The molecule has 8 nitrogen and oxygen atoms in total. The topological polar surface area (TPSA) is 133 Å². The van der Waals surface area contributed by atoms with Crippen molar-refractivity contribution >= 4 is 20.8 Å². The van der Waals surface area contributed by atoms with Gasteiger partial charge in [0.15, 0.2) is 0 Å². The van der Waals surface area contributed by atoms with Gasteiger partial charge in [0.25, 0.3) is 20.8 Å². The van der Waals surface area contributed by atoms with E-state index in [-0.39, 0.29) is 16.8 Å². The van der Waals surface area contributed by atoms with E-state index in [4.69, 9.17) is 0 Å². The molecule has 0 heterocycles. The minimum absolute atomic E-state index is 0. The maximum Gasteiger partial charge on any atom is 2.00 e. The Bertz CT molecular complexity index is 329. The Morgan fingerprint density at radius 2 is 1.07 bits per heavy atom. The maximum atomic E-state index is 9.38. The molecule has 0 amide bonds. The molecule has 0 aromatic carbocycles. The van der Waals surface area contributed by atoms with Crippen LogP contribution in [0.15, 0.2) is 25.7 Å². The Kier molecular flexibility index (Phi) is 11.5. The van der Waals surface area contributed by atoms with E-state index < -0.39 is 20.8 Å². The van der Waals surface area contributed by atoms with Gasteiger partial charge in [-0.1, -0.05) is 13.2 Å². The Hall–Kier alpha value is -0.594. The molecule has 0 unspecified atom stereocenters. The van der Waals surface area contributed by atoms with Gasteiger partial charge in [0.1, 0.15) is 0 Å². The van der Waals surface area contributed by atoms with Crippen molar-refractivity contribution in [2.45, 2.75) is 0 Å². The summed E-state index contributed by atoms with van der Waals surface area (Å²) in [6, 6.07) is 0. The fraction of sp³-hybridized carbons (Fsp3) is 0. The van der Waals surface area contributed by atoms with Crippen LogP contribution in [-0.4, -0.2) is 25.9 Å². The zero-order valence-corrected chi connectivity index (χ0v) is 9.66. The van der Waals surface area contributed by atoms with Gasteiger partial charge in [0.05, 0.1) is 12.5 Å². The summed E-state index contributed by atoms with van der Waals surface area (Å²) in [6.07, 6.45) is 1.12. The standard InChI is InChI=1S/2C2H4O4S.Co/c2*1-2-6-7(3,4)5;/h2*2H,1H2,(H,3,4,5);/q;;+2/p-2. The molecule has 11 heteroatoms. The van der Waals surface area contributed by atoms with Crippen molar-refractivity contribution in [3.63, 3.8) is 0 Å². The van der Waals surface area contributed by atoms with Crippen molar-refractivity contribution < 1.29 is 51.1 Å². The molecular formula is C4H6CoO8S2. The predicted octanol–water partition coefficient (Wildman–Crippen LogP) is -0.789. The first-order valence-electron chi connectivity index (χ1n) is 2.62.